The lowest BCUT2D eigenvalue weighted by Gasteiger charge is -2.38. The van der Waals surface area contributed by atoms with Gasteiger partial charge in [-0.2, -0.15) is 0 Å². The summed E-state index contributed by atoms with van der Waals surface area (Å²) >= 11 is 0. The van der Waals surface area contributed by atoms with Crippen molar-refractivity contribution in [3.8, 4) is 0 Å². The largest absolute Gasteiger partial charge is 0.465 e. The van der Waals surface area contributed by atoms with E-state index >= 15 is 0 Å². The number of nitrogens with zero attached hydrogens (tertiary/aromatic N) is 3. The van der Waals surface area contributed by atoms with Gasteiger partial charge in [0.05, 0.1) is 18.4 Å². The summed E-state index contributed by atoms with van der Waals surface area (Å²) in [4.78, 5) is 18.9. The molecule has 1 saturated heterocycles. The predicted molar refractivity (Wildman–Crippen MR) is 88.8 cm³/mol. The Morgan fingerprint density at radius 1 is 1.46 bits per heavy atom. The molecule has 1 N–H and O–H groups in total. The number of carbonyl (C=O) groups excluding carboxylic acids is 1. The number of pyridine rings is 1. The van der Waals surface area contributed by atoms with E-state index in [-0.39, 0.29) is 12.0 Å². The third kappa shape index (κ3) is 2.70. The van der Waals surface area contributed by atoms with E-state index in [1.54, 1.807) is 6.07 Å². The molecule has 4 rings (SSSR count). The minimum absolute atomic E-state index is 0.233. The first-order chi connectivity index (χ1) is 11.6. The number of methoxy groups -OCH3 is 1. The molecular formula is C18H23N3O3. The van der Waals surface area contributed by atoms with Gasteiger partial charge in [-0.15, -0.1) is 0 Å². The van der Waals surface area contributed by atoms with Crippen LogP contribution in [0.25, 0.3) is 5.65 Å². The summed E-state index contributed by atoms with van der Waals surface area (Å²) in [6.07, 6.45) is 9.06. The molecule has 128 valence electrons. The molecule has 2 aromatic rings. The molecular weight excluding hydrogens is 306 g/mol. The fraction of sp³-hybridized carbons (Fsp3) is 0.556. The van der Waals surface area contributed by atoms with Gasteiger partial charge >= 0.3 is 5.97 Å². The van der Waals surface area contributed by atoms with Gasteiger partial charge in [-0.05, 0) is 44.4 Å². The zero-order valence-electron chi connectivity index (χ0n) is 13.9. The smallest absolute Gasteiger partial charge is 0.341 e. The molecule has 6 nitrogen and oxygen atoms in total. The molecule has 0 radical (unpaired) electrons. The van der Waals surface area contributed by atoms with Crippen molar-refractivity contribution < 1.29 is 14.6 Å². The molecule has 6 heteroatoms. The maximum atomic E-state index is 11.9. The average Bonchev–Trinajstić information content (AvgIpc) is 3.20. The van der Waals surface area contributed by atoms with Gasteiger partial charge in [0.25, 0.3) is 0 Å². The third-order valence-corrected chi connectivity index (χ3v) is 5.30. The van der Waals surface area contributed by atoms with E-state index in [2.05, 4.69) is 9.88 Å². The van der Waals surface area contributed by atoms with Crippen LogP contribution in [0.1, 0.15) is 48.2 Å². The number of likely N-dealkylation sites (tertiary alicyclic amines) is 1. The summed E-state index contributed by atoms with van der Waals surface area (Å²) in [6.45, 7) is 1.69. The SMILES string of the molecule is COC(=O)c1cccn2cc(CN3CCCCC3C3(O)CC3)nc12. The van der Waals surface area contributed by atoms with Gasteiger partial charge in [0.1, 0.15) is 5.56 Å². The van der Waals surface area contributed by atoms with Crippen LogP contribution >= 0.6 is 0 Å². The van der Waals surface area contributed by atoms with Crippen LogP contribution in [-0.4, -0.2) is 50.7 Å². The Bertz CT molecular complexity index is 766. The molecule has 0 bridgehead atoms. The molecule has 0 spiro atoms. The Balaban J connectivity index is 1.61. The highest BCUT2D eigenvalue weighted by Crippen LogP contribution is 2.44. The van der Waals surface area contributed by atoms with E-state index in [1.807, 2.05) is 22.9 Å². The van der Waals surface area contributed by atoms with Crippen molar-refractivity contribution in [2.75, 3.05) is 13.7 Å². The van der Waals surface area contributed by atoms with Crippen LogP contribution in [0, 0.1) is 0 Å². The normalized spacial score (nSPS) is 23.3. The monoisotopic (exact) mass is 329 g/mol. The van der Waals surface area contributed by atoms with Gasteiger partial charge in [-0.1, -0.05) is 6.42 Å². The van der Waals surface area contributed by atoms with E-state index in [1.165, 1.54) is 13.5 Å². The van der Waals surface area contributed by atoms with Crippen molar-refractivity contribution in [1.29, 1.82) is 0 Å². The van der Waals surface area contributed by atoms with Crippen LogP contribution in [0.2, 0.25) is 0 Å². The molecule has 2 aliphatic rings. The highest BCUT2D eigenvalue weighted by Gasteiger charge is 2.50. The third-order valence-electron chi connectivity index (χ3n) is 5.30. The fourth-order valence-electron chi connectivity index (χ4n) is 3.87. The summed E-state index contributed by atoms with van der Waals surface area (Å²) in [5, 5.41) is 10.6. The first kappa shape index (κ1) is 15.6. The molecule has 1 aliphatic heterocycles. The van der Waals surface area contributed by atoms with Crippen molar-refractivity contribution in [2.45, 2.75) is 50.3 Å². The second kappa shape index (κ2) is 5.86. The average molecular weight is 329 g/mol. The number of ether oxygens (including phenoxy) is 1. The maximum Gasteiger partial charge on any atom is 0.341 e. The minimum atomic E-state index is -0.489. The molecule has 2 aromatic heterocycles. The lowest BCUT2D eigenvalue weighted by molar-refractivity contribution is 0.00325. The number of fused-ring (bicyclic) bond motifs is 1. The Labute approximate surface area is 141 Å². The number of piperidine rings is 1. The summed E-state index contributed by atoms with van der Waals surface area (Å²) in [6, 6.07) is 3.78. The highest BCUT2D eigenvalue weighted by molar-refractivity contribution is 5.95. The number of carbonyl (C=O) groups is 1. The molecule has 2 fully saturated rings. The van der Waals surface area contributed by atoms with E-state index < -0.39 is 5.60 Å². The molecule has 1 atom stereocenters. The van der Waals surface area contributed by atoms with Crippen LogP contribution in [0.3, 0.4) is 0 Å². The van der Waals surface area contributed by atoms with E-state index in [0.717, 1.165) is 37.9 Å². The van der Waals surface area contributed by atoms with Crippen molar-refractivity contribution in [1.82, 2.24) is 14.3 Å². The number of esters is 1. The Hall–Kier alpha value is -1.92. The van der Waals surface area contributed by atoms with Crippen LogP contribution in [-0.2, 0) is 11.3 Å². The summed E-state index contributed by atoms with van der Waals surface area (Å²) in [5.74, 6) is -0.374. The van der Waals surface area contributed by atoms with Gasteiger partial charge < -0.3 is 14.2 Å². The molecule has 1 saturated carbocycles. The molecule has 1 unspecified atom stereocenters. The Morgan fingerprint density at radius 3 is 3.04 bits per heavy atom. The van der Waals surface area contributed by atoms with Crippen molar-refractivity contribution in [3.63, 3.8) is 0 Å². The molecule has 3 heterocycles. The number of imidazole rings is 1. The molecule has 24 heavy (non-hydrogen) atoms. The lowest BCUT2D eigenvalue weighted by atomic mass is 9.95. The Kier molecular flexibility index (Phi) is 3.81. The Morgan fingerprint density at radius 2 is 2.29 bits per heavy atom. The van der Waals surface area contributed by atoms with Crippen molar-refractivity contribution in [2.24, 2.45) is 0 Å². The number of hydrogen-bond acceptors (Lipinski definition) is 5. The van der Waals surface area contributed by atoms with Crippen LogP contribution in [0.5, 0.6) is 0 Å². The van der Waals surface area contributed by atoms with E-state index in [4.69, 9.17) is 4.74 Å². The zero-order chi connectivity index (χ0) is 16.7. The van der Waals surface area contributed by atoms with Gasteiger partial charge in [0, 0.05) is 25.0 Å². The molecule has 0 amide bonds. The number of aromatic nitrogens is 2. The first-order valence-corrected chi connectivity index (χ1v) is 8.62. The first-order valence-electron chi connectivity index (χ1n) is 8.62. The minimum Gasteiger partial charge on any atom is -0.465 e. The van der Waals surface area contributed by atoms with E-state index in [0.29, 0.717) is 17.8 Å². The van der Waals surface area contributed by atoms with Crippen LogP contribution in [0.15, 0.2) is 24.5 Å². The predicted octanol–water partition coefficient (Wildman–Crippen LogP) is 2.00. The summed E-state index contributed by atoms with van der Waals surface area (Å²) < 4.78 is 6.71. The highest BCUT2D eigenvalue weighted by atomic mass is 16.5. The maximum absolute atomic E-state index is 11.9. The molecule has 1 aliphatic carbocycles. The number of aliphatic hydroxyl groups is 1. The van der Waals surface area contributed by atoms with Crippen LogP contribution < -0.4 is 0 Å². The van der Waals surface area contributed by atoms with Gasteiger partial charge in [-0.3, -0.25) is 4.90 Å². The second-order valence-electron chi connectivity index (χ2n) is 6.96. The standard InChI is InChI=1S/C18H23N3O3/c1-24-17(22)14-5-4-10-21-12-13(19-16(14)21)11-20-9-3-2-6-15(20)18(23)7-8-18/h4-5,10,12,15,23H,2-3,6-9,11H2,1H3. The zero-order valence-corrected chi connectivity index (χ0v) is 13.9. The summed E-state index contributed by atoms with van der Waals surface area (Å²) in [7, 11) is 1.38. The van der Waals surface area contributed by atoms with Crippen LogP contribution in [0.4, 0.5) is 0 Å². The lowest BCUT2D eigenvalue weighted by Crippen LogP contribution is -2.47. The van der Waals surface area contributed by atoms with Gasteiger partial charge in [0.2, 0.25) is 0 Å². The van der Waals surface area contributed by atoms with Gasteiger partial charge in [-0.25, -0.2) is 9.78 Å². The summed E-state index contributed by atoms with van der Waals surface area (Å²) in [5.41, 5.74) is 1.53. The molecule has 0 aromatic carbocycles. The number of rotatable bonds is 4. The topological polar surface area (TPSA) is 67.1 Å². The fourth-order valence-corrected chi connectivity index (χ4v) is 3.87. The van der Waals surface area contributed by atoms with Crippen molar-refractivity contribution in [3.05, 3.63) is 35.8 Å². The van der Waals surface area contributed by atoms with Crippen molar-refractivity contribution >= 4 is 11.6 Å². The second-order valence-corrected chi connectivity index (χ2v) is 6.96. The van der Waals surface area contributed by atoms with E-state index in [9.17, 15) is 9.90 Å². The quantitative estimate of drug-likeness (QED) is 0.869. The van der Waals surface area contributed by atoms with Gasteiger partial charge in [0.15, 0.2) is 5.65 Å². The number of hydrogen-bond donors (Lipinski definition) is 1.